The van der Waals surface area contributed by atoms with E-state index >= 15 is 0 Å². The molecule has 8 heteroatoms. The lowest BCUT2D eigenvalue weighted by Crippen LogP contribution is -2.23. The molecular weight excluding hydrogens is 705 g/mol. The summed E-state index contributed by atoms with van der Waals surface area (Å²) in [7, 11) is 0. The Morgan fingerprint density at radius 3 is 0.732 bits per heavy atom. The minimum absolute atomic E-state index is 0.159. The number of esters is 4. The number of carbonyl (C=O) groups is 4. The van der Waals surface area contributed by atoms with Crippen LogP contribution in [0.2, 0.25) is 0 Å². The fourth-order valence-corrected chi connectivity index (χ4v) is 10.2. The second-order valence-electron chi connectivity index (χ2n) is 16.8. The number of hydrogen-bond acceptors (Lipinski definition) is 8. The predicted molar refractivity (Wildman–Crippen MR) is 217 cm³/mol. The van der Waals surface area contributed by atoms with Gasteiger partial charge < -0.3 is 18.9 Å². The van der Waals surface area contributed by atoms with Crippen molar-refractivity contribution in [3.8, 4) is 0 Å². The van der Waals surface area contributed by atoms with E-state index in [4.69, 9.17) is 18.9 Å². The second-order valence-corrected chi connectivity index (χ2v) is 16.8. The van der Waals surface area contributed by atoms with Crippen LogP contribution in [-0.4, -0.2) is 48.3 Å². The summed E-state index contributed by atoms with van der Waals surface area (Å²) in [5.41, 5.74) is 1.36. The van der Waals surface area contributed by atoms with E-state index in [2.05, 4.69) is 0 Å². The van der Waals surface area contributed by atoms with E-state index in [0.29, 0.717) is 33.0 Å². The quantitative estimate of drug-likeness (QED) is 0.0667. The molecule has 0 spiro atoms. The van der Waals surface area contributed by atoms with Gasteiger partial charge in [-0.25, -0.2) is 19.2 Å². The molecule has 0 heterocycles. The lowest BCUT2D eigenvalue weighted by molar-refractivity contribution is 0.0196. The summed E-state index contributed by atoms with van der Waals surface area (Å²) in [6.45, 7) is 0. The average Bonchev–Trinajstić information content (AvgIpc) is 3.23. The molecule has 0 saturated heterocycles. The third-order valence-corrected chi connectivity index (χ3v) is 13.1. The van der Waals surface area contributed by atoms with Crippen molar-refractivity contribution in [1.29, 1.82) is 0 Å². The maximum Gasteiger partial charge on any atom is 0.339 e. The standard InChI is InChI=1S/C48H52O8/c49-45(53-29-13-5-1-6-14-29)37-25-21-33-35-23-27-39(47(51)55-31-17-9-3-10-18-31)44-40(48(52)56-32-19-11-4-12-20-32)28-24-36(42(35)44)34-22-26-38(43(37)41(33)34)46(50)54-30-15-7-2-8-16-30/h21-32H,1-20H2. The van der Waals surface area contributed by atoms with Crippen LogP contribution in [0.4, 0.5) is 0 Å². The number of benzene rings is 5. The molecule has 5 aromatic rings. The summed E-state index contributed by atoms with van der Waals surface area (Å²) in [4.78, 5) is 56.6. The topological polar surface area (TPSA) is 105 Å². The third kappa shape index (κ3) is 7.09. The zero-order valence-electron chi connectivity index (χ0n) is 32.3. The zero-order chi connectivity index (χ0) is 38.2. The van der Waals surface area contributed by atoms with Crippen LogP contribution in [0.3, 0.4) is 0 Å². The van der Waals surface area contributed by atoms with Crippen LogP contribution < -0.4 is 0 Å². The van der Waals surface area contributed by atoms with Gasteiger partial charge in [0.05, 0.1) is 22.3 Å². The predicted octanol–water partition coefficient (Wildman–Crippen LogP) is 11.7. The van der Waals surface area contributed by atoms with Gasteiger partial charge in [0, 0.05) is 10.8 Å². The van der Waals surface area contributed by atoms with Gasteiger partial charge in [0.2, 0.25) is 0 Å². The first kappa shape index (κ1) is 36.9. The Bertz CT molecular complexity index is 1970. The van der Waals surface area contributed by atoms with E-state index in [0.717, 1.165) is 161 Å². The van der Waals surface area contributed by atoms with E-state index in [1.165, 1.54) is 0 Å². The molecule has 56 heavy (non-hydrogen) atoms. The molecule has 4 aliphatic rings. The number of rotatable bonds is 8. The highest BCUT2D eigenvalue weighted by atomic mass is 16.6. The number of carbonyl (C=O) groups excluding carboxylic acids is 4. The SMILES string of the molecule is O=C(OC1CCCCC1)c1ccc2c3ccc(C(=O)OC4CCCCC4)c4c(C(=O)OC5CCCCC5)ccc(c5ccc(C(=O)OC6CCCCC6)c1c25)c43. The molecule has 0 aliphatic heterocycles. The summed E-state index contributed by atoms with van der Waals surface area (Å²) in [5.74, 6) is -1.76. The van der Waals surface area contributed by atoms with Gasteiger partial charge >= 0.3 is 23.9 Å². The molecule has 0 bridgehead atoms. The van der Waals surface area contributed by atoms with Crippen LogP contribution in [0.15, 0.2) is 48.5 Å². The minimum atomic E-state index is -0.440. The smallest absolute Gasteiger partial charge is 0.339 e. The molecule has 292 valence electrons. The summed E-state index contributed by atoms with van der Waals surface area (Å²) in [6, 6.07) is 14.8. The Balaban J connectivity index is 1.24. The molecule has 0 atom stereocenters. The van der Waals surface area contributed by atoms with Crippen molar-refractivity contribution in [2.24, 2.45) is 0 Å². The molecule has 0 radical (unpaired) electrons. The Morgan fingerprint density at radius 2 is 0.518 bits per heavy atom. The first-order valence-corrected chi connectivity index (χ1v) is 21.5. The first-order valence-electron chi connectivity index (χ1n) is 21.5. The van der Waals surface area contributed by atoms with Crippen molar-refractivity contribution in [1.82, 2.24) is 0 Å². The monoisotopic (exact) mass is 756 g/mol. The molecule has 0 amide bonds. The van der Waals surface area contributed by atoms with Gasteiger partial charge in [0.15, 0.2) is 0 Å². The fraction of sp³-hybridized carbons (Fsp3) is 0.500. The van der Waals surface area contributed by atoms with Gasteiger partial charge in [-0.1, -0.05) is 49.9 Å². The zero-order valence-corrected chi connectivity index (χ0v) is 32.3. The molecule has 8 nitrogen and oxygen atoms in total. The fourth-order valence-electron chi connectivity index (χ4n) is 10.2. The van der Waals surface area contributed by atoms with Crippen molar-refractivity contribution in [2.45, 2.75) is 153 Å². The molecule has 9 rings (SSSR count). The number of fused-ring (bicyclic) bond motifs is 2. The summed E-state index contributed by atoms with van der Waals surface area (Å²) in [6.07, 6.45) is 18.7. The van der Waals surface area contributed by atoms with E-state index in [-0.39, 0.29) is 24.4 Å². The van der Waals surface area contributed by atoms with Gasteiger partial charge in [-0.3, -0.25) is 0 Å². The van der Waals surface area contributed by atoms with Crippen LogP contribution in [0.1, 0.15) is 170 Å². The molecule has 4 saturated carbocycles. The molecule has 0 N–H and O–H groups in total. The van der Waals surface area contributed by atoms with Gasteiger partial charge in [0.1, 0.15) is 24.4 Å². The van der Waals surface area contributed by atoms with Crippen molar-refractivity contribution in [2.75, 3.05) is 0 Å². The van der Waals surface area contributed by atoms with E-state index in [9.17, 15) is 19.2 Å². The highest BCUT2D eigenvalue weighted by Crippen LogP contribution is 2.45. The molecule has 5 aromatic carbocycles. The molecular formula is C48H52O8. The minimum Gasteiger partial charge on any atom is -0.459 e. The van der Waals surface area contributed by atoms with Crippen molar-refractivity contribution < 1.29 is 38.1 Å². The first-order chi connectivity index (χ1) is 27.4. The lowest BCUT2D eigenvalue weighted by Gasteiger charge is -2.25. The third-order valence-electron chi connectivity index (χ3n) is 13.1. The van der Waals surface area contributed by atoms with Crippen LogP contribution in [0, 0.1) is 0 Å². The van der Waals surface area contributed by atoms with E-state index in [1.54, 1.807) is 24.3 Å². The van der Waals surface area contributed by atoms with Crippen LogP contribution in [-0.2, 0) is 18.9 Å². The summed E-state index contributed by atoms with van der Waals surface area (Å²) in [5, 5.41) is 5.76. The molecule has 0 aromatic heterocycles. The van der Waals surface area contributed by atoms with Gasteiger partial charge in [-0.2, -0.15) is 0 Å². The summed E-state index contributed by atoms with van der Waals surface area (Å²) >= 11 is 0. The van der Waals surface area contributed by atoms with Crippen LogP contribution in [0.25, 0.3) is 43.1 Å². The lowest BCUT2D eigenvalue weighted by atomic mass is 9.84. The summed E-state index contributed by atoms with van der Waals surface area (Å²) < 4.78 is 24.6. The highest BCUT2D eigenvalue weighted by molar-refractivity contribution is 6.38. The van der Waals surface area contributed by atoms with Gasteiger partial charge in [-0.05, 0) is 159 Å². The van der Waals surface area contributed by atoms with Gasteiger partial charge in [0.25, 0.3) is 0 Å². The molecule has 0 unspecified atom stereocenters. The van der Waals surface area contributed by atoms with Crippen molar-refractivity contribution in [3.05, 3.63) is 70.8 Å². The highest BCUT2D eigenvalue weighted by Gasteiger charge is 2.31. The maximum absolute atomic E-state index is 14.1. The van der Waals surface area contributed by atoms with Crippen LogP contribution >= 0.6 is 0 Å². The maximum atomic E-state index is 14.1. The molecule has 4 aliphatic carbocycles. The number of hydrogen-bond donors (Lipinski definition) is 0. The normalized spacial score (nSPS) is 19.4. The largest absolute Gasteiger partial charge is 0.459 e. The Labute approximate surface area is 327 Å². The van der Waals surface area contributed by atoms with E-state index in [1.807, 2.05) is 24.3 Å². The average molecular weight is 757 g/mol. The van der Waals surface area contributed by atoms with Crippen molar-refractivity contribution in [3.63, 3.8) is 0 Å². The van der Waals surface area contributed by atoms with E-state index < -0.39 is 23.9 Å². The molecule has 4 fully saturated rings. The Morgan fingerprint density at radius 1 is 0.304 bits per heavy atom. The number of ether oxygens (including phenoxy) is 4. The van der Waals surface area contributed by atoms with Crippen molar-refractivity contribution >= 4 is 67.0 Å². The Hall–Kier alpha value is -4.72. The van der Waals surface area contributed by atoms with Gasteiger partial charge in [-0.15, -0.1) is 0 Å². The van der Waals surface area contributed by atoms with Crippen LogP contribution in [0.5, 0.6) is 0 Å². The Kier molecular flexibility index (Phi) is 10.6. The second kappa shape index (κ2) is 16.0.